The van der Waals surface area contributed by atoms with Crippen LogP contribution in [0.4, 0.5) is 13.9 Å². The van der Waals surface area contributed by atoms with Crippen LogP contribution < -0.4 is 14.8 Å². The molecule has 3 aromatic heterocycles. The molecule has 0 bridgehead atoms. The Kier molecular flexibility index (Phi) is 7.28. The molecule has 1 saturated carbocycles. The van der Waals surface area contributed by atoms with Gasteiger partial charge in [0.15, 0.2) is 5.82 Å². The van der Waals surface area contributed by atoms with E-state index in [1.165, 1.54) is 36.0 Å². The van der Waals surface area contributed by atoms with Gasteiger partial charge in [0.05, 0.1) is 37.1 Å². The van der Waals surface area contributed by atoms with Crippen molar-refractivity contribution in [2.75, 3.05) is 26.1 Å². The van der Waals surface area contributed by atoms with E-state index in [0.717, 1.165) is 43.2 Å². The molecule has 194 valence electrons. The number of rotatable bonds is 8. The number of fused-ring (bicyclic) bond motifs is 1. The molecule has 0 atom stereocenters. The summed E-state index contributed by atoms with van der Waals surface area (Å²) in [6.07, 6.45) is 6.74. The molecule has 1 N–H and O–H groups in total. The summed E-state index contributed by atoms with van der Waals surface area (Å²) in [5.41, 5.74) is 0.310. The molecule has 0 aliphatic heterocycles. The zero-order chi connectivity index (χ0) is 25.9. The standard InChI is InChI=1S/C25H25F2N5O4S/c1-34-15-8-6-14(7-9-15)13-36-25-31-30-24(37-25)29-23(33)16-10-20-19(27)11-28-32(20)12-17(16)22-18(26)4-3-5-21(22)35-2/h3-5,10-12,14-15H,6-9,13H2,1-2H3,(H,29,30,33). The molecule has 1 aliphatic carbocycles. The smallest absolute Gasteiger partial charge is 0.295 e. The molecular weight excluding hydrogens is 504 g/mol. The highest BCUT2D eigenvalue weighted by atomic mass is 32.1. The Bertz CT molecular complexity index is 1420. The van der Waals surface area contributed by atoms with Crippen molar-refractivity contribution >= 4 is 27.9 Å². The first-order valence-corrected chi connectivity index (χ1v) is 12.6. The summed E-state index contributed by atoms with van der Waals surface area (Å²) >= 11 is 1.08. The summed E-state index contributed by atoms with van der Waals surface area (Å²) in [7, 11) is 3.13. The number of hydrogen-bond donors (Lipinski definition) is 1. The van der Waals surface area contributed by atoms with Gasteiger partial charge in [-0.25, -0.2) is 13.3 Å². The van der Waals surface area contributed by atoms with E-state index in [2.05, 4.69) is 20.6 Å². The van der Waals surface area contributed by atoms with Gasteiger partial charge in [-0.05, 0) is 61.1 Å². The Morgan fingerprint density at radius 3 is 2.73 bits per heavy atom. The lowest BCUT2D eigenvalue weighted by molar-refractivity contribution is 0.0481. The summed E-state index contributed by atoms with van der Waals surface area (Å²) in [4.78, 5) is 13.3. The number of benzene rings is 1. The van der Waals surface area contributed by atoms with E-state index in [0.29, 0.717) is 23.8 Å². The summed E-state index contributed by atoms with van der Waals surface area (Å²) < 4.78 is 47.0. The number of nitrogens with zero attached hydrogens (tertiary/aromatic N) is 4. The molecule has 9 nitrogen and oxygen atoms in total. The van der Waals surface area contributed by atoms with Crippen LogP contribution in [0.2, 0.25) is 0 Å². The van der Waals surface area contributed by atoms with Gasteiger partial charge in [0.2, 0.25) is 5.13 Å². The Labute approximate surface area is 215 Å². The summed E-state index contributed by atoms with van der Waals surface area (Å²) in [5, 5.41) is 15.1. The van der Waals surface area contributed by atoms with Gasteiger partial charge in [0.25, 0.3) is 11.1 Å². The van der Waals surface area contributed by atoms with Crippen molar-refractivity contribution in [1.82, 2.24) is 19.8 Å². The van der Waals surface area contributed by atoms with Crippen molar-refractivity contribution in [2.45, 2.75) is 31.8 Å². The fourth-order valence-electron chi connectivity index (χ4n) is 4.52. The number of hydrogen-bond acceptors (Lipinski definition) is 8. The molecule has 0 radical (unpaired) electrons. The predicted molar refractivity (Wildman–Crippen MR) is 133 cm³/mol. The maximum atomic E-state index is 14.9. The lowest BCUT2D eigenvalue weighted by Gasteiger charge is -2.26. The van der Waals surface area contributed by atoms with Crippen LogP contribution in [0.3, 0.4) is 0 Å². The highest BCUT2D eigenvalue weighted by Crippen LogP contribution is 2.36. The number of carbonyl (C=O) groups is 1. The van der Waals surface area contributed by atoms with Crippen molar-refractivity contribution in [3.63, 3.8) is 0 Å². The fourth-order valence-corrected chi connectivity index (χ4v) is 5.12. The van der Waals surface area contributed by atoms with E-state index < -0.39 is 17.5 Å². The van der Waals surface area contributed by atoms with Crippen LogP contribution in [-0.2, 0) is 4.74 Å². The van der Waals surface area contributed by atoms with E-state index >= 15 is 0 Å². The number of nitrogens with one attached hydrogen (secondary N) is 1. The zero-order valence-electron chi connectivity index (χ0n) is 20.2. The normalized spacial score (nSPS) is 17.6. The second-order valence-corrected chi connectivity index (χ2v) is 9.70. The molecule has 1 aliphatic rings. The number of anilines is 1. The second-order valence-electron chi connectivity index (χ2n) is 8.76. The number of amides is 1. The Morgan fingerprint density at radius 1 is 1.16 bits per heavy atom. The quantitative estimate of drug-likeness (QED) is 0.344. The topological polar surface area (TPSA) is 99.9 Å². The largest absolute Gasteiger partial charge is 0.496 e. The number of halogens is 2. The van der Waals surface area contributed by atoms with Crippen LogP contribution in [0.5, 0.6) is 10.9 Å². The number of carbonyl (C=O) groups excluding carboxylic acids is 1. The molecule has 1 fully saturated rings. The number of aromatic nitrogens is 4. The number of pyridine rings is 1. The van der Waals surface area contributed by atoms with Crippen LogP contribution >= 0.6 is 11.3 Å². The van der Waals surface area contributed by atoms with Crippen molar-refractivity contribution in [3.8, 4) is 22.1 Å². The third-order valence-electron chi connectivity index (χ3n) is 6.52. The predicted octanol–water partition coefficient (Wildman–Crippen LogP) is 4.98. The molecular formula is C25H25F2N5O4S. The molecule has 5 rings (SSSR count). The minimum Gasteiger partial charge on any atom is -0.496 e. The Balaban J connectivity index is 1.37. The summed E-state index contributed by atoms with van der Waals surface area (Å²) in [5.74, 6) is -1.22. The van der Waals surface area contributed by atoms with Crippen molar-refractivity contribution in [2.24, 2.45) is 5.92 Å². The summed E-state index contributed by atoms with van der Waals surface area (Å²) in [6, 6.07) is 5.64. The van der Waals surface area contributed by atoms with Crippen LogP contribution in [0, 0.1) is 17.6 Å². The minimum atomic E-state index is -0.621. The minimum absolute atomic E-state index is 0.0165. The first-order chi connectivity index (χ1) is 18.0. The molecule has 12 heteroatoms. The van der Waals surface area contributed by atoms with E-state index in [1.807, 2.05) is 0 Å². The van der Waals surface area contributed by atoms with Crippen LogP contribution in [0.1, 0.15) is 36.0 Å². The highest BCUT2D eigenvalue weighted by Gasteiger charge is 2.24. The summed E-state index contributed by atoms with van der Waals surface area (Å²) in [6.45, 7) is 0.507. The van der Waals surface area contributed by atoms with Crippen molar-refractivity contribution < 1.29 is 27.8 Å². The SMILES string of the molecule is COc1cccc(F)c1-c1cn2ncc(F)c2cc1C(=O)Nc1nnc(OCC2CCC(OC)CC2)s1. The maximum Gasteiger partial charge on any atom is 0.295 e. The van der Waals surface area contributed by atoms with Gasteiger partial charge >= 0.3 is 0 Å². The van der Waals surface area contributed by atoms with Gasteiger partial charge in [-0.15, -0.1) is 5.10 Å². The number of ether oxygens (including phenoxy) is 3. The van der Waals surface area contributed by atoms with E-state index in [1.54, 1.807) is 13.2 Å². The molecule has 1 amide bonds. The molecule has 1 aromatic carbocycles. The molecule has 3 heterocycles. The lowest BCUT2D eigenvalue weighted by Crippen LogP contribution is -2.24. The van der Waals surface area contributed by atoms with Crippen LogP contribution in [0.15, 0.2) is 36.7 Å². The molecule has 0 spiro atoms. The van der Waals surface area contributed by atoms with Gasteiger partial charge in [0.1, 0.15) is 17.1 Å². The van der Waals surface area contributed by atoms with Crippen molar-refractivity contribution in [1.29, 1.82) is 0 Å². The van der Waals surface area contributed by atoms with Crippen LogP contribution in [-0.4, -0.2) is 52.6 Å². The molecule has 4 aromatic rings. The number of methoxy groups -OCH3 is 2. The average Bonchev–Trinajstić information content (AvgIpc) is 3.52. The third kappa shape index (κ3) is 5.25. The van der Waals surface area contributed by atoms with Gasteiger partial charge in [-0.2, -0.15) is 5.10 Å². The van der Waals surface area contributed by atoms with Gasteiger partial charge in [-0.1, -0.05) is 11.2 Å². The molecule has 37 heavy (non-hydrogen) atoms. The average molecular weight is 530 g/mol. The Hall–Kier alpha value is -3.64. The van der Waals surface area contributed by atoms with Gasteiger partial charge in [-0.3, -0.25) is 10.1 Å². The first-order valence-electron chi connectivity index (χ1n) is 11.8. The monoisotopic (exact) mass is 529 g/mol. The molecule has 0 saturated heterocycles. The first kappa shape index (κ1) is 25.0. The second kappa shape index (κ2) is 10.8. The zero-order valence-corrected chi connectivity index (χ0v) is 21.1. The lowest BCUT2D eigenvalue weighted by atomic mass is 9.88. The van der Waals surface area contributed by atoms with Gasteiger partial charge in [0, 0.05) is 18.9 Å². The highest BCUT2D eigenvalue weighted by molar-refractivity contribution is 7.17. The van der Waals surface area contributed by atoms with Gasteiger partial charge < -0.3 is 14.2 Å². The van der Waals surface area contributed by atoms with Crippen LogP contribution in [0.25, 0.3) is 16.6 Å². The molecule has 0 unspecified atom stereocenters. The third-order valence-corrected chi connectivity index (χ3v) is 7.27. The van der Waals surface area contributed by atoms with E-state index in [-0.39, 0.29) is 33.1 Å². The van der Waals surface area contributed by atoms with E-state index in [4.69, 9.17) is 14.2 Å². The Morgan fingerprint density at radius 2 is 1.97 bits per heavy atom. The fraction of sp³-hybridized carbons (Fsp3) is 0.360. The van der Waals surface area contributed by atoms with E-state index in [9.17, 15) is 13.6 Å². The maximum absolute atomic E-state index is 14.9. The van der Waals surface area contributed by atoms with Crippen molar-refractivity contribution in [3.05, 3.63) is 53.9 Å².